The van der Waals surface area contributed by atoms with Crippen molar-refractivity contribution in [3.63, 3.8) is 0 Å². The Kier molecular flexibility index (Phi) is 8.04. The van der Waals surface area contributed by atoms with Crippen molar-refractivity contribution in [1.82, 2.24) is 20.3 Å². The van der Waals surface area contributed by atoms with Crippen LogP contribution in [0.25, 0.3) is 11.3 Å². The summed E-state index contributed by atoms with van der Waals surface area (Å²) in [7, 11) is 0. The van der Waals surface area contributed by atoms with E-state index in [0.29, 0.717) is 27.8 Å². The molecule has 2 unspecified atom stereocenters. The third kappa shape index (κ3) is 5.97. The number of H-pyrrole nitrogens is 1. The maximum Gasteiger partial charge on any atom is 0.414 e. The molecule has 2 atom stereocenters. The number of carbonyl (C=O) groups is 1. The summed E-state index contributed by atoms with van der Waals surface area (Å²) in [6.07, 6.45) is 3.36. The number of aromatic nitrogens is 3. The van der Waals surface area contributed by atoms with Crippen LogP contribution in [0.1, 0.15) is 30.5 Å². The zero-order chi connectivity index (χ0) is 23.1. The quantitative estimate of drug-likeness (QED) is 0.331. The van der Waals surface area contributed by atoms with Crippen molar-refractivity contribution >= 4 is 23.6 Å². The Labute approximate surface area is 190 Å². The van der Waals surface area contributed by atoms with Crippen LogP contribution in [0.15, 0.2) is 42.7 Å². The van der Waals surface area contributed by atoms with Crippen molar-refractivity contribution in [2.24, 2.45) is 0 Å². The number of benzene rings is 1. The van der Waals surface area contributed by atoms with Crippen LogP contribution in [-0.4, -0.2) is 50.5 Å². The van der Waals surface area contributed by atoms with Crippen molar-refractivity contribution in [3.8, 4) is 17.1 Å². The highest BCUT2D eigenvalue weighted by atomic mass is 35.5. The van der Waals surface area contributed by atoms with Gasteiger partial charge in [-0.1, -0.05) is 30.7 Å². The second-order valence-electron chi connectivity index (χ2n) is 7.23. The molecule has 1 aromatic carbocycles. The molecule has 0 spiro atoms. The van der Waals surface area contributed by atoms with Gasteiger partial charge in [0.25, 0.3) is 0 Å². The summed E-state index contributed by atoms with van der Waals surface area (Å²) in [5.74, 6) is 0.620. The summed E-state index contributed by atoms with van der Waals surface area (Å²) >= 11 is 5.98. The number of carbonyl (C=O) groups excluding carboxylic acids is 1. The molecule has 0 aliphatic rings. The average molecular weight is 460 g/mol. The monoisotopic (exact) mass is 459 g/mol. The largest absolute Gasteiger partial charge is 0.414 e. The molecule has 0 saturated carbocycles. The lowest BCUT2D eigenvalue weighted by atomic mass is 10.1. The van der Waals surface area contributed by atoms with Crippen LogP contribution < -0.4 is 15.4 Å². The number of aliphatic hydroxyl groups is 2. The van der Waals surface area contributed by atoms with Gasteiger partial charge in [0.1, 0.15) is 0 Å². The van der Waals surface area contributed by atoms with Crippen molar-refractivity contribution in [2.45, 2.75) is 32.4 Å². The minimum absolute atomic E-state index is 0.0235. The number of rotatable bonds is 9. The van der Waals surface area contributed by atoms with E-state index < -0.39 is 12.1 Å². The SMILES string of the molecule is CCC(CO)Nc1ncc(C)c(-c2c[nH]c(OC(=O)NC(CO)c3cccc(Cl)c3)c2)n1. The Morgan fingerprint density at radius 1 is 1.28 bits per heavy atom. The highest BCUT2D eigenvalue weighted by molar-refractivity contribution is 6.30. The van der Waals surface area contributed by atoms with Gasteiger partial charge in [-0.3, -0.25) is 0 Å². The lowest BCUT2D eigenvalue weighted by Crippen LogP contribution is -2.33. The molecule has 0 radical (unpaired) electrons. The smallest absolute Gasteiger partial charge is 0.394 e. The minimum atomic E-state index is -0.729. The first kappa shape index (κ1) is 23.5. The normalized spacial score (nSPS) is 12.8. The molecule has 5 N–H and O–H groups in total. The van der Waals surface area contributed by atoms with Gasteiger partial charge in [0.15, 0.2) is 0 Å². The van der Waals surface area contributed by atoms with Crippen molar-refractivity contribution in [1.29, 1.82) is 0 Å². The number of anilines is 1. The molecule has 0 bridgehead atoms. The lowest BCUT2D eigenvalue weighted by Gasteiger charge is -2.16. The predicted octanol–water partition coefficient (Wildman–Crippen LogP) is 3.44. The van der Waals surface area contributed by atoms with E-state index >= 15 is 0 Å². The standard InChI is InChI=1S/C22H26ClN5O4/c1-3-17(11-29)26-21-25-9-13(2)20(28-21)15-8-19(24-10-15)32-22(31)27-18(12-30)14-5-4-6-16(23)7-14/h4-10,17-18,24,29-30H,3,11-12H2,1-2H3,(H,27,31)(H,25,26,28). The molecule has 9 nitrogen and oxygen atoms in total. The zero-order valence-corrected chi connectivity index (χ0v) is 18.6. The van der Waals surface area contributed by atoms with E-state index in [4.69, 9.17) is 16.3 Å². The van der Waals surface area contributed by atoms with Crippen molar-refractivity contribution < 1.29 is 19.7 Å². The highest BCUT2D eigenvalue weighted by Gasteiger charge is 2.17. The van der Waals surface area contributed by atoms with Gasteiger partial charge in [-0.25, -0.2) is 14.8 Å². The number of halogens is 1. The number of aryl methyl sites for hydroxylation is 1. The summed E-state index contributed by atoms with van der Waals surface area (Å²) < 4.78 is 5.33. The van der Waals surface area contributed by atoms with Gasteiger partial charge in [0.2, 0.25) is 11.8 Å². The van der Waals surface area contributed by atoms with Gasteiger partial charge in [-0.15, -0.1) is 0 Å². The first-order valence-electron chi connectivity index (χ1n) is 10.2. The third-order valence-corrected chi connectivity index (χ3v) is 5.11. The Hall–Kier alpha value is -3.14. The molecule has 1 amide bonds. The maximum atomic E-state index is 12.3. The van der Waals surface area contributed by atoms with Gasteiger partial charge in [-0.2, -0.15) is 0 Å². The fraction of sp³-hybridized carbons (Fsp3) is 0.318. The molecule has 2 heterocycles. The van der Waals surface area contributed by atoms with Crippen molar-refractivity contribution in [2.75, 3.05) is 18.5 Å². The van der Waals surface area contributed by atoms with Gasteiger partial charge in [0.05, 0.1) is 31.0 Å². The summed E-state index contributed by atoms with van der Waals surface area (Å²) in [6, 6.07) is 7.71. The Balaban J connectivity index is 1.69. The van der Waals surface area contributed by atoms with E-state index in [1.54, 1.807) is 42.7 Å². The van der Waals surface area contributed by atoms with Gasteiger partial charge in [-0.05, 0) is 36.6 Å². The molecule has 10 heteroatoms. The van der Waals surface area contributed by atoms with Crippen LogP contribution in [0, 0.1) is 6.92 Å². The number of ether oxygens (including phenoxy) is 1. The molecule has 3 aromatic rings. The van der Waals surface area contributed by atoms with Crippen LogP contribution in [0.4, 0.5) is 10.7 Å². The third-order valence-electron chi connectivity index (χ3n) is 4.88. The van der Waals surface area contributed by atoms with E-state index in [9.17, 15) is 15.0 Å². The zero-order valence-electron chi connectivity index (χ0n) is 17.8. The van der Waals surface area contributed by atoms with E-state index in [2.05, 4.69) is 25.6 Å². The highest BCUT2D eigenvalue weighted by Crippen LogP contribution is 2.26. The first-order valence-corrected chi connectivity index (χ1v) is 10.6. The first-order chi connectivity index (χ1) is 15.4. The number of aromatic amines is 1. The summed E-state index contributed by atoms with van der Waals surface area (Å²) in [4.78, 5) is 24.0. The molecule has 2 aromatic heterocycles. The van der Waals surface area contributed by atoms with E-state index in [-0.39, 0.29) is 25.1 Å². The summed E-state index contributed by atoms with van der Waals surface area (Å²) in [6.45, 7) is 3.50. The van der Waals surface area contributed by atoms with E-state index in [0.717, 1.165) is 12.0 Å². The molecule has 0 saturated heterocycles. The Bertz CT molecular complexity index is 1050. The van der Waals surface area contributed by atoms with E-state index in [1.165, 1.54) is 0 Å². The summed E-state index contributed by atoms with van der Waals surface area (Å²) in [5, 5.41) is 25.2. The Morgan fingerprint density at radius 2 is 2.09 bits per heavy atom. The second-order valence-corrected chi connectivity index (χ2v) is 7.67. The molecule has 32 heavy (non-hydrogen) atoms. The molecule has 3 rings (SSSR count). The molecular weight excluding hydrogens is 434 g/mol. The maximum absolute atomic E-state index is 12.3. The molecule has 0 fully saturated rings. The average Bonchev–Trinajstić information content (AvgIpc) is 3.24. The topological polar surface area (TPSA) is 132 Å². The lowest BCUT2D eigenvalue weighted by molar-refractivity contribution is 0.182. The number of nitrogens with one attached hydrogen (secondary N) is 3. The summed E-state index contributed by atoms with van der Waals surface area (Å²) in [5.41, 5.74) is 2.87. The predicted molar refractivity (Wildman–Crippen MR) is 122 cm³/mol. The van der Waals surface area contributed by atoms with Gasteiger partial charge in [0, 0.05) is 29.0 Å². The fourth-order valence-electron chi connectivity index (χ4n) is 3.06. The number of amides is 1. The number of hydrogen-bond donors (Lipinski definition) is 5. The van der Waals surface area contributed by atoms with Crippen LogP contribution in [0.2, 0.25) is 5.02 Å². The van der Waals surface area contributed by atoms with Gasteiger partial charge >= 0.3 is 6.09 Å². The number of aliphatic hydroxyl groups excluding tert-OH is 2. The van der Waals surface area contributed by atoms with Crippen LogP contribution in [0.3, 0.4) is 0 Å². The fourth-order valence-corrected chi connectivity index (χ4v) is 3.26. The minimum Gasteiger partial charge on any atom is -0.394 e. The molecule has 0 aliphatic heterocycles. The second kappa shape index (κ2) is 10.9. The molecule has 170 valence electrons. The van der Waals surface area contributed by atoms with Crippen molar-refractivity contribution in [3.05, 3.63) is 58.9 Å². The van der Waals surface area contributed by atoms with E-state index in [1.807, 2.05) is 13.8 Å². The molecule has 0 aliphatic carbocycles. The molecular formula is C22H26ClN5O4. The number of hydrogen-bond acceptors (Lipinski definition) is 7. The van der Waals surface area contributed by atoms with Gasteiger partial charge < -0.3 is 30.6 Å². The van der Waals surface area contributed by atoms with Crippen LogP contribution >= 0.6 is 11.6 Å². The van der Waals surface area contributed by atoms with Crippen LogP contribution in [-0.2, 0) is 0 Å². The number of nitrogens with zero attached hydrogens (tertiary/aromatic N) is 2. The Morgan fingerprint density at radius 3 is 2.78 bits per heavy atom. The van der Waals surface area contributed by atoms with Crippen LogP contribution in [0.5, 0.6) is 5.88 Å².